The first-order valence-electron chi connectivity index (χ1n) is 11.7. The molecule has 1 aliphatic carbocycles. The van der Waals surface area contributed by atoms with Crippen molar-refractivity contribution in [2.24, 2.45) is 11.8 Å². The maximum absolute atomic E-state index is 12.6. The number of carboxylic acid groups (broad SMARTS) is 1. The number of fused-ring (bicyclic) bond motifs is 1. The standard InChI is InChI=1S/C23H29N7O4/c31-21(29-10-6-24-7-11-29)25-19-5-9-30(22(32)26-19)16-3-1-2-15(12-16)4-8-28-13-17-18(14-28)20(17)27-23(33)34/h1-3,5,9,12,17-18,20,24,27H,4,6-8,10-11,13-14H2,(H,33,34)(H,25,26,31,32). The Bertz CT molecular complexity index is 1120. The molecule has 11 heteroatoms. The SMILES string of the molecule is O=C(O)NC1C2CN(CCc3cccc(-n4ccc(NC(=O)N5CCNCC5)nc4=O)c3)CC21. The van der Waals surface area contributed by atoms with Gasteiger partial charge in [0, 0.05) is 58.1 Å². The van der Waals surface area contributed by atoms with E-state index < -0.39 is 11.8 Å². The van der Waals surface area contributed by atoms with Crippen LogP contribution in [0.4, 0.5) is 15.4 Å². The summed E-state index contributed by atoms with van der Waals surface area (Å²) in [7, 11) is 0. The van der Waals surface area contributed by atoms with Gasteiger partial charge in [0.1, 0.15) is 5.82 Å². The van der Waals surface area contributed by atoms with Crippen molar-refractivity contribution >= 4 is 17.9 Å². The number of hydrogen-bond donors (Lipinski definition) is 4. The molecule has 2 unspecified atom stereocenters. The molecular formula is C23H29N7O4. The number of nitrogens with zero attached hydrogens (tertiary/aromatic N) is 4. The maximum atomic E-state index is 12.6. The zero-order valence-corrected chi connectivity index (χ0v) is 18.8. The van der Waals surface area contributed by atoms with Crippen molar-refractivity contribution in [2.45, 2.75) is 12.5 Å². The van der Waals surface area contributed by atoms with E-state index in [4.69, 9.17) is 5.11 Å². The second-order valence-electron chi connectivity index (χ2n) is 9.12. The lowest BCUT2D eigenvalue weighted by atomic mass is 10.1. The highest BCUT2D eigenvalue weighted by Crippen LogP contribution is 2.45. The zero-order chi connectivity index (χ0) is 23.7. The number of piperazine rings is 1. The van der Waals surface area contributed by atoms with Gasteiger partial charge in [-0.2, -0.15) is 4.98 Å². The Labute approximate surface area is 196 Å². The predicted molar refractivity (Wildman–Crippen MR) is 125 cm³/mol. The maximum Gasteiger partial charge on any atom is 0.404 e. The molecule has 3 amide bonds. The average Bonchev–Trinajstić information content (AvgIpc) is 3.25. The van der Waals surface area contributed by atoms with Gasteiger partial charge in [0.15, 0.2) is 0 Å². The summed E-state index contributed by atoms with van der Waals surface area (Å²) >= 11 is 0. The number of piperidine rings is 1. The molecule has 34 heavy (non-hydrogen) atoms. The second-order valence-corrected chi connectivity index (χ2v) is 9.12. The van der Waals surface area contributed by atoms with E-state index in [1.54, 1.807) is 17.2 Å². The molecule has 2 atom stereocenters. The van der Waals surface area contributed by atoms with Crippen LogP contribution in [-0.2, 0) is 6.42 Å². The monoisotopic (exact) mass is 467 g/mol. The predicted octanol–water partition coefficient (Wildman–Crippen LogP) is 0.410. The van der Waals surface area contributed by atoms with E-state index in [2.05, 4.69) is 25.8 Å². The zero-order valence-electron chi connectivity index (χ0n) is 18.8. The van der Waals surface area contributed by atoms with Gasteiger partial charge in [0.25, 0.3) is 0 Å². The fourth-order valence-corrected chi connectivity index (χ4v) is 5.03. The number of likely N-dealkylation sites (tertiary alicyclic amines) is 1. The summed E-state index contributed by atoms with van der Waals surface area (Å²) < 4.78 is 1.47. The van der Waals surface area contributed by atoms with E-state index in [9.17, 15) is 14.4 Å². The summed E-state index contributed by atoms with van der Waals surface area (Å²) in [6.45, 7) is 5.46. The van der Waals surface area contributed by atoms with Crippen LogP contribution in [0.1, 0.15) is 5.56 Å². The number of anilines is 1. The van der Waals surface area contributed by atoms with Crippen LogP contribution in [0.5, 0.6) is 0 Å². The highest BCUT2D eigenvalue weighted by atomic mass is 16.4. The first-order chi connectivity index (χ1) is 16.5. The number of carbonyl (C=O) groups is 2. The van der Waals surface area contributed by atoms with Gasteiger partial charge >= 0.3 is 17.8 Å². The number of hydrogen-bond acceptors (Lipinski definition) is 6. The van der Waals surface area contributed by atoms with Crippen molar-refractivity contribution in [1.82, 2.24) is 30.0 Å². The summed E-state index contributed by atoms with van der Waals surface area (Å²) in [6, 6.07) is 9.29. The van der Waals surface area contributed by atoms with E-state index in [0.717, 1.165) is 50.4 Å². The van der Waals surface area contributed by atoms with E-state index >= 15 is 0 Å². The van der Waals surface area contributed by atoms with E-state index in [-0.39, 0.29) is 17.9 Å². The fraction of sp³-hybridized carbons (Fsp3) is 0.478. The molecule has 5 rings (SSSR count). The van der Waals surface area contributed by atoms with Crippen LogP contribution in [0, 0.1) is 11.8 Å². The second kappa shape index (κ2) is 9.43. The van der Waals surface area contributed by atoms with Gasteiger partial charge < -0.3 is 25.5 Å². The molecular weight excluding hydrogens is 438 g/mol. The Morgan fingerprint density at radius 1 is 1.15 bits per heavy atom. The minimum atomic E-state index is -0.942. The number of benzene rings is 1. The summed E-state index contributed by atoms with van der Waals surface area (Å²) in [5.74, 6) is 1.10. The topological polar surface area (TPSA) is 132 Å². The van der Waals surface area contributed by atoms with E-state index in [0.29, 0.717) is 24.9 Å². The first-order valence-corrected chi connectivity index (χ1v) is 11.7. The minimum Gasteiger partial charge on any atom is -0.465 e. The van der Waals surface area contributed by atoms with Crippen molar-refractivity contribution < 1.29 is 14.7 Å². The molecule has 0 spiro atoms. The summed E-state index contributed by atoms with van der Waals surface area (Å²) in [5, 5.41) is 17.4. The molecule has 180 valence electrons. The Kier molecular flexibility index (Phi) is 6.20. The molecule has 1 saturated carbocycles. The number of aromatic nitrogens is 2. The quantitative estimate of drug-likeness (QED) is 0.484. The third-order valence-electron chi connectivity index (χ3n) is 6.91. The molecule has 2 aromatic rings. The molecule has 11 nitrogen and oxygen atoms in total. The van der Waals surface area contributed by atoms with Crippen LogP contribution in [0.2, 0.25) is 0 Å². The van der Waals surface area contributed by atoms with Crippen molar-refractivity contribution in [3.8, 4) is 5.69 Å². The number of amides is 3. The Morgan fingerprint density at radius 2 is 1.91 bits per heavy atom. The van der Waals surface area contributed by atoms with Crippen LogP contribution in [0.25, 0.3) is 5.69 Å². The highest BCUT2D eigenvalue weighted by Gasteiger charge is 2.56. The van der Waals surface area contributed by atoms with Crippen molar-refractivity contribution in [1.29, 1.82) is 0 Å². The third-order valence-corrected chi connectivity index (χ3v) is 6.91. The third kappa shape index (κ3) is 4.90. The average molecular weight is 468 g/mol. The van der Waals surface area contributed by atoms with Gasteiger partial charge in [0.05, 0.1) is 5.69 Å². The van der Waals surface area contributed by atoms with Crippen LogP contribution < -0.4 is 21.6 Å². The van der Waals surface area contributed by atoms with Gasteiger partial charge in [-0.05, 0) is 42.0 Å². The van der Waals surface area contributed by atoms with Crippen molar-refractivity contribution in [3.63, 3.8) is 0 Å². The number of carbonyl (C=O) groups excluding carboxylic acids is 1. The highest BCUT2D eigenvalue weighted by molar-refractivity contribution is 5.88. The van der Waals surface area contributed by atoms with Crippen molar-refractivity contribution in [2.75, 3.05) is 51.1 Å². The van der Waals surface area contributed by atoms with E-state index in [1.165, 1.54) is 4.57 Å². The van der Waals surface area contributed by atoms with E-state index in [1.807, 2.05) is 24.3 Å². The van der Waals surface area contributed by atoms with Gasteiger partial charge in [-0.1, -0.05) is 12.1 Å². The fourth-order valence-electron chi connectivity index (χ4n) is 5.03. The first kappa shape index (κ1) is 22.4. The Balaban J connectivity index is 1.17. The summed E-state index contributed by atoms with van der Waals surface area (Å²) in [4.78, 5) is 43.9. The number of urea groups is 1. The Morgan fingerprint density at radius 3 is 2.62 bits per heavy atom. The van der Waals surface area contributed by atoms with Gasteiger partial charge in [-0.25, -0.2) is 14.4 Å². The molecule has 3 fully saturated rings. The van der Waals surface area contributed by atoms with Crippen LogP contribution in [0.3, 0.4) is 0 Å². The molecule has 1 aromatic carbocycles. The molecule has 3 aliphatic rings. The smallest absolute Gasteiger partial charge is 0.404 e. The van der Waals surface area contributed by atoms with Gasteiger partial charge in [0.2, 0.25) is 0 Å². The lowest BCUT2D eigenvalue weighted by molar-refractivity contribution is 0.190. The molecule has 3 heterocycles. The molecule has 2 aliphatic heterocycles. The minimum absolute atomic E-state index is 0.112. The summed E-state index contributed by atoms with van der Waals surface area (Å²) in [5.41, 5.74) is 1.39. The summed E-state index contributed by atoms with van der Waals surface area (Å²) in [6.07, 6.45) is 1.53. The molecule has 0 radical (unpaired) electrons. The van der Waals surface area contributed by atoms with Crippen LogP contribution >= 0.6 is 0 Å². The van der Waals surface area contributed by atoms with Gasteiger partial charge in [-0.3, -0.25) is 9.88 Å². The molecule has 4 N–H and O–H groups in total. The largest absolute Gasteiger partial charge is 0.465 e. The lowest BCUT2D eigenvalue weighted by Crippen LogP contribution is -2.48. The number of nitrogens with one attached hydrogen (secondary N) is 3. The normalized spacial score (nSPS) is 23.9. The van der Waals surface area contributed by atoms with Crippen LogP contribution in [-0.4, -0.2) is 88.4 Å². The van der Waals surface area contributed by atoms with Crippen LogP contribution in [0.15, 0.2) is 41.3 Å². The lowest BCUT2D eigenvalue weighted by Gasteiger charge is -2.27. The van der Waals surface area contributed by atoms with Gasteiger partial charge in [-0.15, -0.1) is 0 Å². The molecule has 1 aromatic heterocycles. The van der Waals surface area contributed by atoms with Crippen molar-refractivity contribution in [3.05, 3.63) is 52.6 Å². The number of rotatable bonds is 6. The molecule has 0 bridgehead atoms. The Hall–Kier alpha value is -3.44. The molecule has 2 saturated heterocycles.